The number of hydrogen-bond acceptors (Lipinski definition) is 3. The third-order valence-electron chi connectivity index (χ3n) is 2.70. The van der Waals surface area contributed by atoms with E-state index in [1.165, 1.54) is 19.3 Å². The van der Waals surface area contributed by atoms with E-state index in [1.807, 2.05) is 12.1 Å². The van der Waals surface area contributed by atoms with Crippen LogP contribution in [0.15, 0.2) is 18.3 Å². The highest BCUT2D eigenvalue weighted by Gasteiger charge is 2.03. The van der Waals surface area contributed by atoms with Crippen molar-refractivity contribution in [3.8, 4) is 0 Å². The van der Waals surface area contributed by atoms with Crippen molar-refractivity contribution in [1.82, 2.24) is 9.88 Å². The zero-order chi connectivity index (χ0) is 12.7. The molecule has 1 aromatic rings. The smallest absolute Gasteiger partial charge is 0.141 e. The van der Waals surface area contributed by atoms with E-state index in [1.54, 1.807) is 6.20 Å². The van der Waals surface area contributed by atoms with Crippen molar-refractivity contribution >= 4 is 5.84 Å². The Kier molecular flexibility index (Phi) is 5.63. The zero-order valence-corrected chi connectivity index (χ0v) is 10.7. The van der Waals surface area contributed by atoms with Crippen LogP contribution in [0.5, 0.6) is 0 Å². The fourth-order valence-corrected chi connectivity index (χ4v) is 1.74. The second kappa shape index (κ2) is 7.01. The Morgan fingerprint density at radius 3 is 2.88 bits per heavy atom. The van der Waals surface area contributed by atoms with Gasteiger partial charge in [0, 0.05) is 12.7 Å². The van der Waals surface area contributed by atoms with Crippen LogP contribution in [0.25, 0.3) is 0 Å². The van der Waals surface area contributed by atoms with Gasteiger partial charge in [0.1, 0.15) is 11.5 Å². The molecule has 4 heteroatoms. The first-order chi connectivity index (χ1) is 8.13. The Morgan fingerprint density at radius 2 is 2.24 bits per heavy atom. The van der Waals surface area contributed by atoms with E-state index in [4.69, 9.17) is 11.1 Å². The van der Waals surface area contributed by atoms with Gasteiger partial charge in [0.15, 0.2) is 0 Å². The maximum atomic E-state index is 7.35. The summed E-state index contributed by atoms with van der Waals surface area (Å²) in [6.45, 7) is 4.19. The van der Waals surface area contributed by atoms with E-state index in [0.717, 1.165) is 18.7 Å². The summed E-state index contributed by atoms with van der Waals surface area (Å²) in [5, 5.41) is 7.35. The molecule has 17 heavy (non-hydrogen) atoms. The minimum atomic E-state index is 0.0282. The summed E-state index contributed by atoms with van der Waals surface area (Å²) in [6, 6.07) is 3.86. The zero-order valence-electron chi connectivity index (χ0n) is 10.7. The van der Waals surface area contributed by atoms with Gasteiger partial charge in [-0.05, 0) is 37.7 Å². The number of hydrogen-bond donors (Lipinski definition) is 2. The van der Waals surface area contributed by atoms with E-state index < -0.39 is 0 Å². The Morgan fingerprint density at radius 1 is 1.47 bits per heavy atom. The first-order valence-corrected chi connectivity index (χ1v) is 6.11. The molecule has 0 aromatic carbocycles. The van der Waals surface area contributed by atoms with E-state index in [0.29, 0.717) is 5.69 Å². The van der Waals surface area contributed by atoms with Gasteiger partial charge in [-0.3, -0.25) is 10.4 Å². The second-order valence-electron chi connectivity index (χ2n) is 4.41. The van der Waals surface area contributed by atoms with Gasteiger partial charge in [0.25, 0.3) is 0 Å². The maximum Gasteiger partial charge on any atom is 0.141 e. The predicted molar refractivity (Wildman–Crippen MR) is 71.1 cm³/mol. The number of nitrogens with two attached hydrogens (primary N) is 1. The number of unbranched alkanes of at least 4 members (excludes halogenated alkanes) is 2. The fraction of sp³-hybridized carbons (Fsp3) is 0.538. The fourth-order valence-electron chi connectivity index (χ4n) is 1.74. The first-order valence-electron chi connectivity index (χ1n) is 6.11. The lowest BCUT2D eigenvalue weighted by molar-refractivity contribution is 0.318. The molecule has 0 aliphatic heterocycles. The summed E-state index contributed by atoms with van der Waals surface area (Å²) in [7, 11) is 2.11. The van der Waals surface area contributed by atoms with Crippen LogP contribution < -0.4 is 5.73 Å². The van der Waals surface area contributed by atoms with Gasteiger partial charge in [-0.25, -0.2) is 0 Å². The molecule has 0 aliphatic rings. The number of aromatic nitrogens is 1. The Hall–Kier alpha value is -1.42. The minimum Gasteiger partial charge on any atom is -0.382 e. The van der Waals surface area contributed by atoms with E-state index in [-0.39, 0.29) is 5.84 Å². The minimum absolute atomic E-state index is 0.0282. The van der Waals surface area contributed by atoms with Crippen LogP contribution in [-0.4, -0.2) is 29.3 Å². The van der Waals surface area contributed by atoms with Gasteiger partial charge >= 0.3 is 0 Å². The van der Waals surface area contributed by atoms with Gasteiger partial charge in [-0.15, -0.1) is 0 Å². The van der Waals surface area contributed by atoms with Crippen LogP contribution in [0, 0.1) is 5.41 Å². The van der Waals surface area contributed by atoms with Crippen molar-refractivity contribution in [2.24, 2.45) is 5.73 Å². The Labute approximate surface area is 103 Å². The lowest BCUT2D eigenvalue weighted by Crippen LogP contribution is -2.20. The third-order valence-corrected chi connectivity index (χ3v) is 2.70. The van der Waals surface area contributed by atoms with Gasteiger partial charge < -0.3 is 10.6 Å². The molecular weight excluding hydrogens is 212 g/mol. The topological polar surface area (TPSA) is 66.0 Å². The van der Waals surface area contributed by atoms with Gasteiger partial charge in [0.2, 0.25) is 0 Å². The van der Waals surface area contributed by atoms with E-state index in [9.17, 15) is 0 Å². The van der Waals surface area contributed by atoms with Crippen molar-refractivity contribution < 1.29 is 0 Å². The maximum absolute atomic E-state index is 7.35. The van der Waals surface area contributed by atoms with Crippen LogP contribution >= 0.6 is 0 Å². The van der Waals surface area contributed by atoms with Crippen molar-refractivity contribution in [1.29, 1.82) is 5.41 Å². The standard InChI is InChI=1S/C13H22N4/c1-3-4-5-8-17(2)10-11-6-7-16-12(9-11)13(14)15/h6-7,9H,3-5,8,10H2,1-2H3,(H3,14,15). The molecule has 0 saturated carbocycles. The van der Waals surface area contributed by atoms with Crippen molar-refractivity contribution in [3.05, 3.63) is 29.6 Å². The largest absolute Gasteiger partial charge is 0.382 e. The summed E-state index contributed by atoms with van der Waals surface area (Å²) < 4.78 is 0. The summed E-state index contributed by atoms with van der Waals surface area (Å²) in [6.07, 6.45) is 5.47. The highest BCUT2D eigenvalue weighted by molar-refractivity contribution is 5.93. The van der Waals surface area contributed by atoms with Gasteiger partial charge in [-0.1, -0.05) is 19.8 Å². The number of nitrogen functional groups attached to an aromatic ring is 1. The average molecular weight is 234 g/mol. The highest BCUT2D eigenvalue weighted by Crippen LogP contribution is 2.06. The van der Waals surface area contributed by atoms with Crippen molar-refractivity contribution in [2.75, 3.05) is 13.6 Å². The molecule has 3 N–H and O–H groups in total. The molecule has 0 atom stereocenters. The molecule has 1 heterocycles. The quantitative estimate of drug-likeness (QED) is 0.431. The molecule has 0 amide bonds. The predicted octanol–water partition coefficient (Wildman–Crippen LogP) is 1.99. The molecule has 0 saturated heterocycles. The van der Waals surface area contributed by atoms with Crippen LogP contribution in [0.3, 0.4) is 0 Å². The molecule has 0 unspecified atom stereocenters. The molecule has 0 radical (unpaired) electrons. The Bertz CT molecular complexity index is 362. The Balaban J connectivity index is 2.50. The average Bonchev–Trinajstić information content (AvgIpc) is 2.29. The summed E-state index contributed by atoms with van der Waals surface area (Å²) >= 11 is 0. The monoisotopic (exact) mass is 234 g/mol. The van der Waals surface area contributed by atoms with Crippen LogP contribution in [-0.2, 0) is 6.54 Å². The third kappa shape index (κ3) is 4.95. The highest BCUT2D eigenvalue weighted by atomic mass is 15.1. The summed E-state index contributed by atoms with van der Waals surface area (Å²) in [5.74, 6) is 0.0282. The SMILES string of the molecule is CCCCCN(C)Cc1ccnc(C(=N)N)c1. The first kappa shape index (κ1) is 13.6. The molecule has 4 nitrogen and oxygen atoms in total. The molecule has 94 valence electrons. The summed E-state index contributed by atoms with van der Waals surface area (Å²) in [4.78, 5) is 6.34. The lowest BCUT2D eigenvalue weighted by atomic mass is 10.2. The van der Waals surface area contributed by atoms with Crippen LogP contribution in [0.2, 0.25) is 0 Å². The number of pyridine rings is 1. The van der Waals surface area contributed by atoms with Gasteiger partial charge in [-0.2, -0.15) is 0 Å². The van der Waals surface area contributed by atoms with Gasteiger partial charge in [0.05, 0.1) is 0 Å². The van der Waals surface area contributed by atoms with E-state index >= 15 is 0 Å². The van der Waals surface area contributed by atoms with E-state index in [2.05, 4.69) is 23.9 Å². The second-order valence-corrected chi connectivity index (χ2v) is 4.41. The molecular formula is C13H22N4. The molecule has 0 fully saturated rings. The number of nitrogens with one attached hydrogen (secondary N) is 1. The molecule has 1 rings (SSSR count). The number of rotatable bonds is 7. The molecule has 1 aromatic heterocycles. The molecule has 0 aliphatic carbocycles. The molecule has 0 bridgehead atoms. The molecule has 0 spiro atoms. The number of nitrogens with zero attached hydrogens (tertiary/aromatic N) is 2. The van der Waals surface area contributed by atoms with Crippen molar-refractivity contribution in [2.45, 2.75) is 32.7 Å². The van der Waals surface area contributed by atoms with Crippen LogP contribution in [0.1, 0.15) is 37.4 Å². The lowest BCUT2D eigenvalue weighted by Gasteiger charge is -2.16. The number of amidine groups is 1. The van der Waals surface area contributed by atoms with Crippen molar-refractivity contribution in [3.63, 3.8) is 0 Å². The normalized spacial score (nSPS) is 10.8. The summed E-state index contributed by atoms with van der Waals surface area (Å²) in [5.41, 5.74) is 7.14. The van der Waals surface area contributed by atoms with Crippen LogP contribution in [0.4, 0.5) is 0 Å².